The second-order valence-electron chi connectivity index (χ2n) is 5.69. The number of hydrogen-bond donors (Lipinski definition) is 1. The van der Waals surface area contributed by atoms with Crippen molar-refractivity contribution < 1.29 is 4.74 Å². The highest BCUT2D eigenvalue weighted by Gasteiger charge is 2.06. The van der Waals surface area contributed by atoms with Crippen LogP contribution in [0.5, 0.6) is 11.5 Å². The molecule has 0 unspecified atom stereocenters. The Hall–Kier alpha value is -1.07. The fraction of sp³-hybridized carbons (Fsp3) is 0.333. The fourth-order valence-electron chi connectivity index (χ4n) is 2.07. The average molecular weight is 395 g/mol. The molecule has 3 heteroatoms. The predicted octanol–water partition coefficient (Wildman–Crippen LogP) is 5.14. The van der Waals surface area contributed by atoms with Gasteiger partial charge in [0.1, 0.15) is 11.5 Å². The van der Waals surface area contributed by atoms with Crippen LogP contribution < -0.4 is 10.1 Å². The van der Waals surface area contributed by atoms with Crippen LogP contribution in [0.25, 0.3) is 0 Å². The van der Waals surface area contributed by atoms with Crippen molar-refractivity contribution in [3.63, 3.8) is 0 Å². The van der Waals surface area contributed by atoms with E-state index in [2.05, 4.69) is 79.0 Å². The molecule has 0 radical (unpaired) electrons. The van der Waals surface area contributed by atoms with E-state index in [1.807, 2.05) is 12.1 Å². The van der Waals surface area contributed by atoms with E-state index in [0.717, 1.165) is 24.6 Å². The van der Waals surface area contributed by atoms with Gasteiger partial charge in [-0.1, -0.05) is 31.5 Å². The van der Waals surface area contributed by atoms with Crippen LogP contribution in [0.2, 0.25) is 0 Å². The van der Waals surface area contributed by atoms with Crippen molar-refractivity contribution in [3.05, 3.63) is 57.2 Å². The molecule has 0 aliphatic heterocycles. The monoisotopic (exact) mass is 395 g/mol. The number of aryl methyl sites for hydroxylation is 1. The van der Waals surface area contributed by atoms with E-state index in [1.165, 1.54) is 14.7 Å². The highest BCUT2D eigenvalue weighted by Crippen LogP contribution is 2.26. The van der Waals surface area contributed by atoms with E-state index >= 15 is 0 Å². The number of benzene rings is 2. The molecule has 2 aromatic carbocycles. The van der Waals surface area contributed by atoms with E-state index < -0.39 is 0 Å². The fourth-order valence-corrected chi connectivity index (χ4v) is 2.43. The number of nitrogens with one attached hydrogen (secondary N) is 1. The van der Waals surface area contributed by atoms with Gasteiger partial charge in [0.25, 0.3) is 0 Å². The second-order valence-corrected chi connectivity index (χ2v) is 6.94. The van der Waals surface area contributed by atoms with E-state index in [9.17, 15) is 0 Å². The van der Waals surface area contributed by atoms with Gasteiger partial charge in [-0.3, -0.25) is 0 Å². The third kappa shape index (κ3) is 5.32. The van der Waals surface area contributed by atoms with Gasteiger partial charge in [0.15, 0.2) is 0 Å². The minimum absolute atomic E-state index is 0.648. The lowest BCUT2D eigenvalue weighted by molar-refractivity contribution is 0.469. The Morgan fingerprint density at radius 3 is 2.48 bits per heavy atom. The van der Waals surface area contributed by atoms with Crippen molar-refractivity contribution in [1.29, 1.82) is 0 Å². The molecule has 1 N–H and O–H groups in total. The van der Waals surface area contributed by atoms with Crippen LogP contribution in [0.3, 0.4) is 0 Å². The lowest BCUT2D eigenvalue weighted by atomic mass is 10.1. The molecule has 0 saturated heterocycles. The molecule has 112 valence electrons. The summed E-state index contributed by atoms with van der Waals surface area (Å²) < 4.78 is 7.24. The number of halogens is 1. The Kier molecular flexibility index (Phi) is 6.06. The Balaban J connectivity index is 2.12. The van der Waals surface area contributed by atoms with Gasteiger partial charge in [0.2, 0.25) is 0 Å². The molecular weight excluding hydrogens is 373 g/mol. The van der Waals surface area contributed by atoms with Crippen molar-refractivity contribution in [2.45, 2.75) is 27.3 Å². The van der Waals surface area contributed by atoms with Gasteiger partial charge in [-0.2, -0.15) is 0 Å². The maximum atomic E-state index is 6.03. The Morgan fingerprint density at radius 1 is 1.10 bits per heavy atom. The molecule has 0 heterocycles. The lowest BCUT2D eigenvalue weighted by Crippen LogP contribution is -2.19. The van der Waals surface area contributed by atoms with Crippen molar-refractivity contribution in [3.8, 4) is 11.5 Å². The molecule has 0 atom stereocenters. The van der Waals surface area contributed by atoms with Crippen LogP contribution in [0.1, 0.15) is 25.0 Å². The average Bonchev–Trinajstić information content (AvgIpc) is 2.43. The van der Waals surface area contributed by atoms with Crippen LogP contribution in [-0.2, 0) is 6.54 Å². The van der Waals surface area contributed by atoms with E-state index in [-0.39, 0.29) is 0 Å². The number of rotatable bonds is 6. The van der Waals surface area contributed by atoms with Crippen LogP contribution in [0, 0.1) is 16.4 Å². The quantitative estimate of drug-likeness (QED) is 0.685. The summed E-state index contributed by atoms with van der Waals surface area (Å²) in [4.78, 5) is 0. The first kappa shape index (κ1) is 16.3. The smallest absolute Gasteiger partial charge is 0.131 e. The van der Waals surface area contributed by atoms with Crippen molar-refractivity contribution in [2.75, 3.05) is 6.54 Å². The molecule has 0 aliphatic carbocycles. The Bertz CT molecular complexity index is 578. The van der Waals surface area contributed by atoms with Crippen molar-refractivity contribution >= 4 is 22.6 Å². The van der Waals surface area contributed by atoms with E-state index in [1.54, 1.807) is 0 Å². The third-order valence-corrected chi connectivity index (χ3v) is 3.84. The van der Waals surface area contributed by atoms with E-state index in [4.69, 9.17) is 4.74 Å². The first-order chi connectivity index (χ1) is 10.0. The normalized spacial score (nSPS) is 10.9. The molecule has 0 fully saturated rings. The van der Waals surface area contributed by atoms with Crippen LogP contribution in [0.4, 0.5) is 0 Å². The SMILES string of the molecule is Cc1ccc(Oc2ccc(I)cc2)c(CNCC(C)C)c1. The molecule has 2 nitrogen and oxygen atoms in total. The summed E-state index contributed by atoms with van der Waals surface area (Å²) in [5.74, 6) is 2.46. The van der Waals surface area contributed by atoms with Crippen LogP contribution >= 0.6 is 22.6 Å². The van der Waals surface area contributed by atoms with Gasteiger partial charge in [-0.15, -0.1) is 0 Å². The summed E-state index contributed by atoms with van der Waals surface area (Å²) in [6.07, 6.45) is 0. The maximum Gasteiger partial charge on any atom is 0.131 e. The highest BCUT2D eigenvalue weighted by molar-refractivity contribution is 14.1. The predicted molar refractivity (Wildman–Crippen MR) is 97.0 cm³/mol. The van der Waals surface area contributed by atoms with Gasteiger partial charge in [0, 0.05) is 15.7 Å². The molecule has 0 spiro atoms. The van der Waals surface area contributed by atoms with Crippen LogP contribution in [0.15, 0.2) is 42.5 Å². The van der Waals surface area contributed by atoms with Gasteiger partial charge >= 0.3 is 0 Å². The van der Waals surface area contributed by atoms with E-state index in [0.29, 0.717) is 5.92 Å². The van der Waals surface area contributed by atoms with Crippen LogP contribution in [-0.4, -0.2) is 6.54 Å². The highest BCUT2D eigenvalue weighted by atomic mass is 127. The summed E-state index contributed by atoms with van der Waals surface area (Å²) >= 11 is 2.30. The number of ether oxygens (including phenoxy) is 1. The van der Waals surface area contributed by atoms with Gasteiger partial charge in [-0.25, -0.2) is 0 Å². The summed E-state index contributed by atoms with van der Waals surface area (Å²) in [6, 6.07) is 14.5. The minimum atomic E-state index is 0.648. The number of hydrogen-bond acceptors (Lipinski definition) is 2. The third-order valence-electron chi connectivity index (χ3n) is 3.13. The molecule has 21 heavy (non-hydrogen) atoms. The Morgan fingerprint density at radius 2 is 1.81 bits per heavy atom. The maximum absolute atomic E-state index is 6.03. The van der Waals surface area contributed by atoms with Gasteiger partial charge in [-0.05, 0) is 72.3 Å². The molecule has 0 saturated carbocycles. The molecular formula is C18H22INO. The molecule has 0 amide bonds. The zero-order chi connectivity index (χ0) is 15.2. The summed E-state index contributed by atoms with van der Waals surface area (Å²) in [7, 11) is 0. The molecule has 0 aliphatic rings. The topological polar surface area (TPSA) is 21.3 Å². The van der Waals surface area contributed by atoms with Crippen molar-refractivity contribution in [2.24, 2.45) is 5.92 Å². The van der Waals surface area contributed by atoms with Gasteiger partial charge < -0.3 is 10.1 Å². The molecule has 2 rings (SSSR count). The first-order valence-corrected chi connectivity index (χ1v) is 8.36. The van der Waals surface area contributed by atoms with Gasteiger partial charge in [0.05, 0.1) is 0 Å². The molecule has 2 aromatic rings. The first-order valence-electron chi connectivity index (χ1n) is 7.28. The minimum Gasteiger partial charge on any atom is -0.457 e. The summed E-state index contributed by atoms with van der Waals surface area (Å²) in [5.41, 5.74) is 2.46. The molecule has 0 bridgehead atoms. The molecule has 0 aromatic heterocycles. The Labute approximate surface area is 141 Å². The van der Waals surface area contributed by atoms with Crippen molar-refractivity contribution in [1.82, 2.24) is 5.32 Å². The lowest BCUT2D eigenvalue weighted by Gasteiger charge is -2.14. The zero-order valence-electron chi connectivity index (χ0n) is 12.8. The largest absolute Gasteiger partial charge is 0.457 e. The zero-order valence-corrected chi connectivity index (χ0v) is 15.0. The summed E-state index contributed by atoms with van der Waals surface area (Å²) in [5, 5.41) is 3.48. The second kappa shape index (κ2) is 7.80. The summed E-state index contributed by atoms with van der Waals surface area (Å²) in [6.45, 7) is 8.38. The standard InChI is InChI=1S/C18H22INO/c1-13(2)11-20-12-15-10-14(3)4-9-18(15)21-17-7-5-16(19)6-8-17/h4-10,13,20H,11-12H2,1-3H3.